The van der Waals surface area contributed by atoms with Gasteiger partial charge in [-0.3, -0.25) is 4.68 Å². The summed E-state index contributed by atoms with van der Waals surface area (Å²) in [4.78, 5) is 0. The summed E-state index contributed by atoms with van der Waals surface area (Å²) in [5.41, 5.74) is 2.85. The molecule has 0 aliphatic heterocycles. The molecule has 2 rings (SSSR count). The Kier molecular flexibility index (Phi) is 2.33. The van der Waals surface area contributed by atoms with E-state index < -0.39 is 0 Å². The maximum absolute atomic E-state index is 9.30. The monoisotopic (exact) mass is 203 g/mol. The van der Waals surface area contributed by atoms with Crippen LogP contribution in [0.4, 0.5) is 11.4 Å². The van der Waals surface area contributed by atoms with E-state index in [1.54, 1.807) is 29.1 Å². The first kappa shape index (κ1) is 9.58. The normalized spacial score (nSPS) is 10.3. The minimum atomic E-state index is 0.251. The van der Waals surface area contributed by atoms with Gasteiger partial charge in [-0.1, -0.05) is 6.07 Å². The summed E-state index contributed by atoms with van der Waals surface area (Å²) >= 11 is 0. The number of hydrogen-bond acceptors (Lipinski definition) is 3. The van der Waals surface area contributed by atoms with E-state index in [9.17, 15) is 5.11 Å². The predicted octanol–water partition coefficient (Wildman–Crippen LogP) is 2.18. The molecule has 4 nitrogen and oxygen atoms in total. The number of phenolic OH excluding ortho intramolecular Hbond substituents is 1. The Balaban J connectivity index is 2.26. The molecular formula is C11H13N3O. The third kappa shape index (κ3) is 1.93. The molecule has 2 N–H and O–H groups in total. The predicted molar refractivity (Wildman–Crippen MR) is 59.3 cm³/mol. The van der Waals surface area contributed by atoms with Crippen molar-refractivity contribution >= 4 is 11.4 Å². The van der Waals surface area contributed by atoms with Crippen LogP contribution in [0.15, 0.2) is 30.5 Å². The number of aromatic nitrogens is 2. The van der Waals surface area contributed by atoms with Crippen molar-refractivity contribution in [3.8, 4) is 5.75 Å². The van der Waals surface area contributed by atoms with E-state index in [4.69, 9.17) is 0 Å². The fraction of sp³-hybridized carbons (Fsp3) is 0.182. The number of aryl methyl sites for hydroxylation is 1. The first-order valence-corrected chi connectivity index (χ1v) is 4.71. The van der Waals surface area contributed by atoms with Gasteiger partial charge in [-0.2, -0.15) is 5.10 Å². The van der Waals surface area contributed by atoms with Crippen LogP contribution in [0.5, 0.6) is 5.75 Å². The summed E-state index contributed by atoms with van der Waals surface area (Å²) in [5, 5.41) is 16.6. The Morgan fingerprint density at radius 2 is 2.20 bits per heavy atom. The van der Waals surface area contributed by atoms with E-state index in [0.29, 0.717) is 0 Å². The largest absolute Gasteiger partial charge is 0.508 e. The lowest BCUT2D eigenvalue weighted by Gasteiger charge is -2.05. The molecule has 1 heterocycles. The van der Waals surface area contributed by atoms with Gasteiger partial charge >= 0.3 is 0 Å². The molecule has 0 unspecified atom stereocenters. The third-order valence-corrected chi connectivity index (χ3v) is 2.36. The molecule has 0 saturated carbocycles. The van der Waals surface area contributed by atoms with Crippen LogP contribution < -0.4 is 5.32 Å². The van der Waals surface area contributed by atoms with E-state index in [2.05, 4.69) is 10.4 Å². The highest BCUT2D eigenvalue weighted by Gasteiger charge is 2.03. The zero-order valence-electron chi connectivity index (χ0n) is 8.73. The highest BCUT2D eigenvalue weighted by atomic mass is 16.3. The van der Waals surface area contributed by atoms with Gasteiger partial charge in [0, 0.05) is 18.8 Å². The molecule has 4 heteroatoms. The second-order valence-corrected chi connectivity index (χ2v) is 3.44. The van der Waals surface area contributed by atoms with Gasteiger partial charge in [0.05, 0.1) is 17.6 Å². The van der Waals surface area contributed by atoms with Gasteiger partial charge in [0.2, 0.25) is 0 Å². The van der Waals surface area contributed by atoms with Crippen LogP contribution in [0, 0.1) is 6.92 Å². The molecule has 0 amide bonds. The maximum atomic E-state index is 9.30. The van der Waals surface area contributed by atoms with Crippen LogP contribution in [0.3, 0.4) is 0 Å². The second-order valence-electron chi connectivity index (χ2n) is 3.44. The van der Waals surface area contributed by atoms with Crippen LogP contribution in [0.2, 0.25) is 0 Å². The number of hydrogen-bond donors (Lipinski definition) is 2. The molecule has 0 radical (unpaired) electrons. The number of anilines is 2. The van der Waals surface area contributed by atoms with Crippen LogP contribution >= 0.6 is 0 Å². The topological polar surface area (TPSA) is 50.1 Å². The second kappa shape index (κ2) is 3.65. The Hall–Kier alpha value is -1.97. The smallest absolute Gasteiger partial charge is 0.117 e. The zero-order valence-corrected chi connectivity index (χ0v) is 8.73. The van der Waals surface area contributed by atoms with Crippen molar-refractivity contribution in [1.29, 1.82) is 0 Å². The number of nitrogens with zero attached hydrogens (tertiary/aromatic N) is 2. The molecule has 1 aromatic carbocycles. The Morgan fingerprint density at radius 1 is 1.40 bits per heavy atom. The van der Waals surface area contributed by atoms with Crippen LogP contribution in [0.1, 0.15) is 5.69 Å². The van der Waals surface area contributed by atoms with Crippen molar-refractivity contribution in [2.24, 2.45) is 7.05 Å². The van der Waals surface area contributed by atoms with Gasteiger partial charge in [0.25, 0.3) is 0 Å². The van der Waals surface area contributed by atoms with Crippen LogP contribution in [0.25, 0.3) is 0 Å². The summed E-state index contributed by atoms with van der Waals surface area (Å²) < 4.78 is 1.80. The minimum Gasteiger partial charge on any atom is -0.508 e. The highest BCUT2D eigenvalue weighted by Crippen LogP contribution is 2.22. The van der Waals surface area contributed by atoms with Crippen molar-refractivity contribution in [2.45, 2.75) is 6.92 Å². The highest BCUT2D eigenvalue weighted by molar-refractivity contribution is 5.62. The van der Waals surface area contributed by atoms with Crippen molar-refractivity contribution in [1.82, 2.24) is 9.78 Å². The van der Waals surface area contributed by atoms with E-state index in [0.717, 1.165) is 17.1 Å². The van der Waals surface area contributed by atoms with Gasteiger partial charge in [-0.15, -0.1) is 0 Å². The number of benzene rings is 1. The average molecular weight is 203 g/mol. The number of phenols is 1. The molecule has 0 aliphatic rings. The summed E-state index contributed by atoms with van der Waals surface area (Å²) in [5.74, 6) is 0.251. The van der Waals surface area contributed by atoms with Crippen molar-refractivity contribution in [2.75, 3.05) is 5.32 Å². The molecule has 0 atom stereocenters. The maximum Gasteiger partial charge on any atom is 0.117 e. The summed E-state index contributed by atoms with van der Waals surface area (Å²) in [7, 11) is 1.89. The lowest BCUT2D eigenvalue weighted by atomic mass is 10.3. The average Bonchev–Trinajstić information content (AvgIpc) is 2.50. The fourth-order valence-corrected chi connectivity index (χ4v) is 1.36. The Morgan fingerprint density at radius 3 is 2.80 bits per heavy atom. The molecule has 0 saturated heterocycles. The molecule has 78 valence electrons. The van der Waals surface area contributed by atoms with Gasteiger partial charge in [0.15, 0.2) is 0 Å². The van der Waals surface area contributed by atoms with Crippen molar-refractivity contribution < 1.29 is 5.11 Å². The van der Waals surface area contributed by atoms with E-state index in [-0.39, 0.29) is 5.75 Å². The lowest BCUT2D eigenvalue weighted by Crippen LogP contribution is -1.95. The molecule has 0 bridgehead atoms. The van der Waals surface area contributed by atoms with Gasteiger partial charge in [0.1, 0.15) is 5.75 Å². The summed E-state index contributed by atoms with van der Waals surface area (Å²) in [6.07, 6.45) is 1.76. The minimum absolute atomic E-state index is 0.251. The molecule has 0 spiro atoms. The molecular weight excluding hydrogens is 190 g/mol. The van der Waals surface area contributed by atoms with E-state index >= 15 is 0 Å². The number of aromatic hydroxyl groups is 1. The van der Waals surface area contributed by atoms with Gasteiger partial charge < -0.3 is 10.4 Å². The number of nitrogens with one attached hydrogen (secondary N) is 1. The van der Waals surface area contributed by atoms with E-state index in [1.165, 1.54) is 0 Å². The lowest BCUT2D eigenvalue weighted by molar-refractivity contribution is 0.475. The molecule has 2 aromatic rings. The molecule has 1 aromatic heterocycles. The molecule has 0 fully saturated rings. The fourth-order valence-electron chi connectivity index (χ4n) is 1.36. The van der Waals surface area contributed by atoms with E-state index in [1.807, 2.05) is 20.0 Å². The molecule has 0 aliphatic carbocycles. The zero-order chi connectivity index (χ0) is 10.8. The van der Waals surface area contributed by atoms with Gasteiger partial charge in [-0.25, -0.2) is 0 Å². The Labute approximate surface area is 88.2 Å². The third-order valence-electron chi connectivity index (χ3n) is 2.36. The van der Waals surface area contributed by atoms with Crippen LogP contribution in [-0.4, -0.2) is 14.9 Å². The number of rotatable bonds is 2. The quantitative estimate of drug-likeness (QED) is 0.786. The molecule has 15 heavy (non-hydrogen) atoms. The van der Waals surface area contributed by atoms with Crippen molar-refractivity contribution in [3.05, 3.63) is 36.2 Å². The van der Waals surface area contributed by atoms with Crippen LogP contribution in [-0.2, 0) is 7.05 Å². The standard InChI is InChI=1S/C11H13N3O/c1-8-11(7-12-14(8)2)13-9-4-3-5-10(15)6-9/h3-7,13,15H,1-2H3. The first-order valence-electron chi connectivity index (χ1n) is 4.71. The SMILES string of the molecule is Cc1c(Nc2cccc(O)c2)cnn1C. The first-order chi connectivity index (χ1) is 7.16. The summed E-state index contributed by atoms with van der Waals surface area (Å²) in [6.45, 7) is 1.98. The van der Waals surface area contributed by atoms with Crippen molar-refractivity contribution in [3.63, 3.8) is 0 Å². The Bertz CT molecular complexity index is 476. The van der Waals surface area contributed by atoms with Gasteiger partial charge in [-0.05, 0) is 19.1 Å². The summed E-state index contributed by atoms with van der Waals surface area (Å²) in [6, 6.07) is 7.00.